The first-order valence-corrected chi connectivity index (χ1v) is 19.5. The molecule has 0 atom stereocenters. The highest BCUT2D eigenvalue weighted by molar-refractivity contribution is 6.09. The van der Waals surface area contributed by atoms with Gasteiger partial charge in [-0.25, -0.2) is 9.97 Å². The van der Waals surface area contributed by atoms with Crippen LogP contribution in [0.5, 0.6) is 0 Å². The van der Waals surface area contributed by atoms with E-state index in [1.54, 1.807) is 0 Å². The molecule has 2 aliphatic carbocycles. The second-order valence-electron chi connectivity index (χ2n) is 16.3. The van der Waals surface area contributed by atoms with E-state index in [1.807, 2.05) is 0 Å². The normalized spacial score (nSPS) is 14.4. The number of para-hydroxylation sites is 4. The number of nitrogens with zero attached hydrogens (tertiary/aromatic N) is 4. The number of rotatable bonds is 5. The van der Waals surface area contributed by atoms with E-state index in [4.69, 9.17) is 9.97 Å². The van der Waals surface area contributed by atoms with Gasteiger partial charge in [-0.1, -0.05) is 131 Å². The van der Waals surface area contributed by atoms with Crippen LogP contribution in [-0.2, 0) is 10.8 Å². The van der Waals surface area contributed by atoms with Crippen molar-refractivity contribution in [2.24, 2.45) is 0 Å². The van der Waals surface area contributed by atoms with Crippen molar-refractivity contribution in [2.75, 3.05) is 4.90 Å². The highest BCUT2D eigenvalue weighted by atomic mass is 15.1. The van der Waals surface area contributed by atoms with Gasteiger partial charge in [0.25, 0.3) is 0 Å². The van der Waals surface area contributed by atoms with Crippen molar-refractivity contribution >= 4 is 38.9 Å². The monoisotopic (exact) mass is 720 g/mol. The van der Waals surface area contributed by atoms with Gasteiger partial charge in [0.2, 0.25) is 0 Å². The predicted molar refractivity (Wildman–Crippen MR) is 232 cm³/mol. The average molecular weight is 721 g/mol. The Labute approximate surface area is 327 Å². The van der Waals surface area contributed by atoms with Crippen LogP contribution in [0, 0.1) is 0 Å². The summed E-state index contributed by atoms with van der Waals surface area (Å²) < 4.78 is 2.40. The first-order chi connectivity index (χ1) is 27.3. The zero-order chi connectivity index (χ0) is 37.8. The lowest BCUT2D eigenvalue weighted by Gasteiger charge is -2.25. The lowest BCUT2D eigenvalue weighted by Crippen LogP contribution is -2.20. The van der Waals surface area contributed by atoms with Gasteiger partial charge < -0.3 is 9.47 Å². The molecule has 0 saturated carbocycles. The van der Waals surface area contributed by atoms with Gasteiger partial charge in [-0.3, -0.25) is 0 Å². The Morgan fingerprint density at radius 2 is 0.875 bits per heavy atom. The molecule has 56 heavy (non-hydrogen) atoms. The van der Waals surface area contributed by atoms with E-state index < -0.39 is 0 Å². The fraction of sp³-hybridized carbons (Fsp3) is 0.115. The molecule has 2 heterocycles. The van der Waals surface area contributed by atoms with E-state index in [0.717, 1.165) is 45.5 Å². The third-order valence-corrected chi connectivity index (χ3v) is 12.3. The van der Waals surface area contributed by atoms with E-state index in [9.17, 15) is 0 Å². The minimum atomic E-state index is -0.316. The van der Waals surface area contributed by atoms with Crippen LogP contribution in [0.3, 0.4) is 0 Å². The van der Waals surface area contributed by atoms with Crippen LogP contribution in [0.25, 0.3) is 61.1 Å². The standard InChI is InChI=1S/C52H40N4/c1-51(2)43-31-34(33-23-26-37(27-24-33)55(35-15-7-5-8-16-35)36-17-9-6-10-18-36)25-29-41(43)47-49(51)54-48-42-30-28-38(32-44(42)52(3,4)50(48)53-47)56-45-21-13-11-19-39(45)40-20-12-14-22-46(40)56/h5-32H,1-4H3. The molecule has 0 aliphatic heterocycles. The topological polar surface area (TPSA) is 34.0 Å². The molecule has 4 heteroatoms. The number of fused-ring (bicyclic) bond motifs is 9. The summed E-state index contributed by atoms with van der Waals surface area (Å²) in [6.07, 6.45) is 0. The van der Waals surface area contributed by atoms with Gasteiger partial charge in [-0.05, 0) is 89.0 Å². The van der Waals surface area contributed by atoms with Crippen molar-refractivity contribution in [3.05, 3.63) is 192 Å². The van der Waals surface area contributed by atoms with Crippen LogP contribution in [0.1, 0.15) is 50.2 Å². The number of aromatic nitrogens is 3. The maximum absolute atomic E-state index is 5.55. The lowest BCUT2D eigenvalue weighted by atomic mass is 9.84. The quantitative estimate of drug-likeness (QED) is 0.177. The molecule has 2 aliphatic rings. The third-order valence-electron chi connectivity index (χ3n) is 12.3. The van der Waals surface area contributed by atoms with Gasteiger partial charge in [0.05, 0.1) is 33.8 Å². The van der Waals surface area contributed by atoms with Gasteiger partial charge >= 0.3 is 0 Å². The van der Waals surface area contributed by atoms with E-state index in [0.29, 0.717) is 0 Å². The van der Waals surface area contributed by atoms with E-state index in [-0.39, 0.29) is 10.8 Å². The minimum Gasteiger partial charge on any atom is -0.311 e. The van der Waals surface area contributed by atoms with Crippen LogP contribution in [0.15, 0.2) is 170 Å². The van der Waals surface area contributed by atoms with Crippen molar-refractivity contribution in [2.45, 2.75) is 38.5 Å². The number of hydrogen-bond donors (Lipinski definition) is 0. The Bertz CT molecular complexity index is 2920. The molecular formula is C52H40N4. The highest BCUT2D eigenvalue weighted by Gasteiger charge is 2.44. The van der Waals surface area contributed by atoms with Crippen molar-refractivity contribution in [3.63, 3.8) is 0 Å². The molecule has 0 N–H and O–H groups in total. The van der Waals surface area contributed by atoms with Gasteiger partial charge in [0.1, 0.15) is 0 Å². The van der Waals surface area contributed by atoms with Gasteiger partial charge in [0, 0.05) is 55.5 Å². The second kappa shape index (κ2) is 11.9. The fourth-order valence-corrected chi connectivity index (χ4v) is 9.38. The largest absolute Gasteiger partial charge is 0.311 e. The number of hydrogen-bond acceptors (Lipinski definition) is 3. The highest BCUT2D eigenvalue weighted by Crippen LogP contribution is 2.54. The van der Waals surface area contributed by atoms with Gasteiger partial charge in [-0.15, -0.1) is 0 Å². The molecule has 0 amide bonds. The molecular weight excluding hydrogens is 681 g/mol. The van der Waals surface area contributed by atoms with Crippen LogP contribution in [0.2, 0.25) is 0 Å². The second-order valence-corrected chi connectivity index (χ2v) is 16.3. The first-order valence-electron chi connectivity index (χ1n) is 19.5. The summed E-state index contributed by atoms with van der Waals surface area (Å²) in [5.41, 5.74) is 17.7. The lowest BCUT2D eigenvalue weighted by molar-refractivity contribution is 0.617. The summed E-state index contributed by atoms with van der Waals surface area (Å²) in [6.45, 7) is 9.21. The summed E-state index contributed by atoms with van der Waals surface area (Å²) in [7, 11) is 0. The number of anilines is 3. The Hall–Kier alpha value is -6.78. The summed E-state index contributed by atoms with van der Waals surface area (Å²) in [4.78, 5) is 13.4. The maximum Gasteiger partial charge on any atom is 0.0933 e. The Morgan fingerprint density at radius 3 is 1.43 bits per heavy atom. The molecule has 0 unspecified atom stereocenters. The molecule has 11 rings (SSSR count). The summed E-state index contributed by atoms with van der Waals surface area (Å²) in [5.74, 6) is 0. The van der Waals surface area contributed by atoms with Crippen molar-refractivity contribution < 1.29 is 0 Å². The minimum absolute atomic E-state index is 0.310. The van der Waals surface area contributed by atoms with Gasteiger partial charge in [0.15, 0.2) is 0 Å². The Balaban J connectivity index is 0.962. The molecule has 0 bridgehead atoms. The van der Waals surface area contributed by atoms with E-state index >= 15 is 0 Å². The fourth-order valence-electron chi connectivity index (χ4n) is 9.38. The molecule has 2 aromatic heterocycles. The molecule has 268 valence electrons. The first kappa shape index (κ1) is 32.6. The van der Waals surface area contributed by atoms with Crippen LogP contribution >= 0.6 is 0 Å². The van der Waals surface area contributed by atoms with Gasteiger partial charge in [-0.2, -0.15) is 0 Å². The molecule has 4 nitrogen and oxygen atoms in total. The van der Waals surface area contributed by atoms with Crippen molar-refractivity contribution in [3.8, 4) is 39.3 Å². The van der Waals surface area contributed by atoms with Crippen LogP contribution < -0.4 is 4.90 Å². The number of benzene rings is 7. The summed E-state index contributed by atoms with van der Waals surface area (Å²) >= 11 is 0. The third kappa shape index (κ3) is 4.65. The zero-order valence-electron chi connectivity index (χ0n) is 32.0. The van der Waals surface area contributed by atoms with Crippen molar-refractivity contribution in [1.82, 2.24) is 14.5 Å². The van der Waals surface area contributed by atoms with Crippen LogP contribution in [-0.4, -0.2) is 14.5 Å². The van der Waals surface area contributed by atoms with E-state index in [2.05, 4.69) is 207 Å². The molecule has 9 aromatic rings. The Kier molecular flexibility index (Phi) is 6.91. The van der Waals surface area contributed by atoms with E-state index in [1.165, 1.54) is 55.2 Å². The predicted octanol–water partition coefficient (Wildman–Crippen LogP) is 13.3. The molecule has 0 spiro atoms. The molecule has 0 radical (unpaired) electrons. The average Bonchev–Trinajstić information content (AvgIpc) is 3.77. The van der Waals surface area contributed by atoms with Crippen molar-refractivity contribution in [1.29, 1.82) is 0 Å². The Morgan fingerprint density at radius 1 is 0.429 bits per heavy atom. The summed E-state index contributed by atoms with van der Waals surface area (Å²) in [5, 5.41) is 2.54. The molecule has 0 fully saturated rings. The maximum atomic E-state index is 5.55. The smallest absolute Gasteiger partial charge is 0.0933 e. The van der Waals surface area contributed by atoms with Crippen LogP contribution in [0.4, 0.5) is 17.1 Å². The molecule has 0 saturated heterocycles. The SMILES string of the molecule is CC1(C)c2cc(-c3ccc(N(c4ccccc4)c4ccccc4)cc3)ccc2-c2nc3c(nc21)-c1ccc(-n2c4ccccc4c4ccccc42)cc1C3(C)C. The summed E-state index contributed by atoms with van der Waals surface area (Å²) in [6, 6.07) is 61.2. The molecule has 7 aromatic carbocycles. The zero-order valence-corrected chi connectivity index (χ0v) is 32.0.